The molecule has 0 unspecified atom stereocenters. The lowest BCUT2D eigenvalue weighted by molar-refractivity contribution is 0.383. The van der Waals surface area contributed by atoms with Gasteiger partial charge in [-0.05, 0) is 41.7 Å². The third-order valence-corrected chi connectivity index (χ3v) is 6.42. The second-order valence-corrected chi connectivity index (χ2v) is 8.18. The first-order valence-electron chi connectivity index (χ1n) is 8.12. The number of rotatable bonds is 4. The fourth-order valence-electron chi connectivity index (χ4n) is 3.34. The summed E-state index contributed by atoms with van der Waals surface area (Å²) in [5, 5.41) is 0. The molecule has 1 saturated carbocycles. The molecule has 1 aliphatic heterocycles. The van der Waals surface area contributed by atoms with Crippen LogP contribution in [0, 0.1) is 5.82 Å². The minimum Gasteiger partial charge on any atom is -0.207 e. The van der Waals surface area contributed by atoms with Crippen molar-refractivity contribution < 1.29 is 12.8 Å². The van der Waals surface area contributed by atoms with Crippen molar-refractivity contribution in [1.82, 2.24) is 9.03 Å². The summed E-state index contributed by atoms with van der Waals surface area (Å²) < 4.78 is 42.6. The summed E-state index contributed by atoms with van der Waals surface area (Å²) in [4.78, 5) is 0. The maximum atomic E-state index is 13.0. The van der Waals surface area contributed by atoms with Crippen LogP contribution in [0.3, 0.4) is 0 Å². The SMILES string of the molecule is O=S(=O)(N[C@@H]1C[C@@H]1c1ccc(F)cc1)N1CCc2ccccc2C1. The minimum absolute atomic E-state index is 0.0994. The molecule has 0 aromatic heterocycles. The van der Waals surface area contributed by atoms with Gasteiger partial charge in [0, 0.05) is 25.0 Å². The molecule has 0 amide bonds. The largest absolute Gasteiger partial charge is 0.280 e. The molecule has 1 N–H and O–H groups in total. The maximum Gasteiger partial charge on any atom is 0.280 e. The third-order valence-electron chi connectivity index (χ3n) is 4.82. The minimum atomic E-state index is -3.50. The molecule has 0 radical (unpaired) electrons. The summed E-state index contributed by atoms with van der Waals surface area (Å²) in [6, 6.07) is 14.1. The summed E-state index contributed by atoms with van der Waals surface area (Å²) >= 11 is 0. The van der Waals surface area contributed by atoms with Crippen LogP contribution >= 0.6 is 0 Å². The lowest BCUT2D eigenvalue weighted by atomic mass is 10.0. The predicted octanol–water partition coefficient (Wildman–Crippen LogP) is 2.57. The van der Waals surface area contributed by atoms with Crippen molar-refractivity contribution in [2.24, 2.45) is 0 Å². The molecule has 24 heavy (non-hydrogen) atoms. The van der Waals surface area contributed by atoms with Gasteiger partial charge in [-0.3, -0.25) is 0 Å². The lowest BCUT2D eigenvalue weighted by Crippen LogP contribution is -2.44. The van der Waals surface area contributed by atoms with Crippen molar-refractivity contribution in [1.29, 1.82) is 0 Å². The molecule has 2 aliphatic rings. The first-order chi connectivity index (χ1) is 11.5. The molecule has 0 bridgehead atoms. The van der Waals surface area contributed by atoms with Crippen LogP contribution in [0.5, 0.6) is 0 Å². The molecule has 0 saturated heterocycles. The maximum absolute atomic E-state index is 13.0. The van der Waals surface area contributed by atoms with Crippen molar-refractivity contribution in [2.75, 3.05) is 6.54 Å². The Morgan fingerprint density at radius 2 is 1.75 bits per heavy atom. The fourth-order valence-corrected chi connectivity index (χ4v) is 4.78. The first kappa shape index (κ1) is 15.7. The average molecular weight is 346 g/mol. The van der Waals surface area contributed by atoms with E-state index in [0.29, 0.717) is 13.1 Å². The van der Waals surface area contributed by atoms with E-state index in [9.17, 15) is 12.8 Å². The van der Waals surface area contributed by atoms with Crippen LogP contribution in [0.1, 0.15) is 29.0 Å². The Balaban J connectivity index is 1.43. The zero-order valence-electron chi connectivity index (χ0n) is 13.2. The second kappa shape index (κ2) is 5.95. The highest BCUT2D eigenvalue weighted by Crippen LogP contribution is 2.41. The van der Waals surface area contributed by atoms with Crippen LogP contribution in [0.4, 0.5) is 4.39 Å². The van der Waals surface area contributed by atoms with Gasteiger partial charge in [0.15, 0.2) is 0 Å². The van der Waals surface area contributed by atoms with Gasteiger partial charge in [0.1, 0.15) is 5.82 Å². The zero-order valence-corrected chi connectivity index (χ0v) is 14.0. The van der Waals surface area contributed by atoms with Crippen LogP contribution in [0.25, 0.3) is 0 Å². The molecule has 2 aromatic carbocycles. The highest BCUT2D eigenvalue weighted by Gasteiger charge is 2.42. The van der Waals surface area contributed by atoms with E-state index in [1.54, 1.807) is 12.1 Å². The van der Waals surface area contributed by atoms with Gasteiger partial charge in [-0.1, -0.05) is 36.4 Å². The molecule has 4 rings (SSSR count). The predicted molar refractivity (Wildman–Crippen MR) is 90.2 cm³/mol. The number of fused-ring (bicyclic) bond motifs is 1. The van der Waals surface area contributed by atoms with Gasteiger partial charge < -0.3 is 0 Å². The molecule has 4 nitrogen and oxygen atoms in total. The smallest absolute Gasteiger partial charge is 0.207 e. The Labute approximate surface area is 141 Å². The molecule has 1 aliphatic carbocycles. The average Bonchev–Trinajstić information content (AvgIpc) is 3.33. The van der Waals surface area contributed by atoms with E-state index < -0.39 is 10.2 Å². The number of nitrogens with one attached hydrogen (secondary N) is 1. The van der Waals surface area contributed by atoms with E-state index in [-0.39, 0.29) is 17.8 Å². The van der Waals surface area contributed by atoms with Gasteiger partial charge in [-0.2, -0.15) is 17.4 Å². The molecular formula is C18H19FN2O2S. The van der Waals surface area contributed by atoms with E-state index in [1.807, 2.05) is 18.2 Å². The first-order valence-corrected chi connectivity index (χ1v) is 9.56. The van der Waals surface area contributed by atoms with Crippen molar-refractivity contribution in [3.63, 3.8) is 0 Å². The van der Waals surface area contributed by atoms with E-state index in [4.69, 9.17) is 0 Å². The van der Waals surface area contributed by atoms with Crippen molar-refractivity contribution >= 4 is 10.2 Å². The Morgan fingerprint density at radius 1 is 1.04 bits per heavy atom. The van der Waals surface area contributed by atoms with Gasteiger partial charge >= 0.3 is 0 Å². The van der Waals surface area contributed by atoms with Gasteiger partial charge in [0.05, 0.1) is 0 Å². The molecule has 126 valence electrons. The Bertz CT molecular complexity index is 852. The van der Waals surface area contributed by atoms with Gasteiger partial charge in [-0.15, -0.1) is 0 Å². The van der Waals surface area contributed by atoms with Crippen molar-refractivity contribution in [3.8, 4) is 0 Å². The molecule has 2 atom stereocenters. The number of benzene rings is 2. The van der Waals surface area contributed by atoms with Gasteiger partial charge in [0.25, 0.3) is 10.2 Å². The topological polar surface area (TPSA) is 49.4 Å². The fraction of sp³-hybridized carbons (Fsp3) is 0.333. The third kappa shape index (κ3) is 3.09. The van der Waals surface area contributed by atoms with Crippen LogP contribution in [0.15, 0.2) is 48.5 Å². The van der Waals surface area contributed by atoms with Gasteiger partial charge in [-0.25, -0.2) is 4.39 Å². The van der Waals surface area contributed by atoms with E-state index >= 15 is 0 Å². The number of hydrogen-bond acceptors (Lipinski definition) is 2. The normalized spacial score (nSPS) is 23.7. The summed E-state index contributed by atoms with van der Waals surface area (Å²) in [7, 11) is -3.50. The Hall–Kier alpha value is -1.76. The number of hydrogen-bond donors (Lipinski definition) is 1. The summed E-state index contributed by atoms with van der Waals surface area (Å²) in [6.07, 6.45) is 1.50. The standard InChI is InChI=1S/C18H19FN2O2S/c19-16-7-5-14(6-8-16)17-11-18(17)20-24(22,23)21-10-9-13-3-1-2-4-15(13)12-21/h1-8,17-18,20H,9-12H2/t17-,18-/m1/s1. The number of halogens is 1. The van der Waals surface area contributed by atoms with Gasteiger partial charge in [0.2, 0.25) is 0 Å². The zero-order chi connectivity index (χ0) is 16.7. The highest BCUT2D eigenvalue weighted by molar-refractivity contribution is 7.87. The quantitative estimate of drug-likeness (QED) is 0.925. The Morgan fingerprint density at radius 3 is 2.50 bits per heavy atom. The molecule has 1 fully saturated rings. The highest BCUT2D eigenvalue weighted by atomic mass is 32.2. The summed E-state index contributed by atoms with van der Waals surface area (Å²) in [5.41, 5.74) is 3.27. The lowest BCUT2D eigenvalue weighted by Gasteiger charge is -2.28. The van der Waals surface area contributed by atoms with Crippen molar-refractivity contribution in [2.45, 2.75) is 31.3 Å². The van der Waals surface area contributed by atoms with E-state index in [2.05, 4.69) is 10.8 Å². The van der Waals surface area contributed by atoms with E-state index in [1.165, 1.54) is 22.0 Å². The second-order valence-electron chi connectivity index (χ2n) is 6.48. The molecule has 1 heterocycles. The van der Waals surface area contributed by atoms with Crippen LogP contribution in [-0.4, -0.2) is 25.3 Å². The van der Waals surface area contributed by atoms with Crippen LogP contribution < -0.4 is 4.72 Å². The van der Waals surface area contributed by atoms with Crippen LogP contribution in [0.2, 0.25) is 0 Å². The molecule has 6 heteroatoms. The van der Waals surface area contributed by atoms with Crippen LogP contribution in [-0.2, 0) is 23.2 Å². The molecule has 0 spiro atoms. The summed E-state index contributed by atoms with van der Waals surface area (Å²) in [5.74, 6) is -0.138. The van der Waals surface area contributed by atoms with E-state index in [0.717, 1.165) is 24.0 Å². The summed E-state index contributed by atoms with van der Waals surface area (Å²) in [6.45, 7) is 0.916. The monoisotopic (exact) mass is 346 g/mol. The number of nitrogens with zero attached hydrogens (tertiary/aromatic N) is 1. The molecule has 2 aromatic rings. The van der Waals surface area contributed by atoms with Crippen molar-refractivity contribution in [3.05, 3.63) is 71.0 Å². The Kier molecular flexibility index (Phi) is 3.90. The molecular weight excluding hydrogens is 327 g/mol.